The molecule has 11 nitrogen and oxygen atoms in total. The Kier molecular flexibility index (Phi) is 7.67. The Bertz CT molecular complexity index is 1360. The van der Waals surface area contributed by atoms with Gasteiger partial charge < -0.3 is 35.6 Å². The number of ether oxygens (including phenoxy) is 2. The van der Waals surface area contributed by atoms with Crippen molar-refractivity contribution in [3.63, 3.8) is 0 Å². The maximum Gasteiger partial charge on any atom is 0.239 e. The highest BCUT2D eigenvalue weighted by Crippen LogP contribution is 2.33. The molecule has 2 saturated heterocycles. The van der Waals surface area contributed by atoms with Crippen LogP contribution in [0.25, 0.3) is 11.3 Å². The van der Waals surface area contributed by atoms with Crippen LogP contribution in [0.1, 0.15) is 19.8 Å². The van der Waals surface area contributed by atoms with Gasteiger partial charge in [0.05, 0.1) is 30.7 Å². The summed E-state index contributed by atoms with van der Waals surface area (Å²) in [5, 5.41) is 6.07. The van der Waals surface area contributed by atoms with Crippen LogP contribution in [0.3, 0.4) is 0 Å². The number of nitrogens with zero attached hydrogens (tertiary/aromatic N) is 4. The van der Waals surface area contributed by atoms with Crippen LogP contribution in [-0.2, 0) is 9.59 Å². The van der Waals surface area contributed by atoms with E-state index in [9.17, 15) is 9.59 Å². The Hall–Kier alpha value is -4.54. The molecule has 4 N–H and O–H groups in total. The normalized spacial score (nSPS) is 16.0. The number of likely N-dealkylation sites (tertiary alicyclic amines) is 1. The van der Waals surface area contributed by atoms with Gasteiger partial charge in [0.15, 0.2) is 0 Å². The summed E-state index contributed by atoms with van der Waals surface area (Å²) >= 11 is 0. The molecule has 0 bridgehead atoms. The SMILES string of the molecule is COc1cc(Nc2nccc(-c3ccc(OC4CCN(C(C)=O)CC4)c(N)c3)n2)ccc1N1CCNC(=O)C1. The number of methoxy groups -OCH3 is 1. The van der Waals surface area contributed by atoms with E-state index >= 15 is 0 Å². The van der Waals surface area contributed by atoms with Crippen molar-refractivity contribution in [1.29, 1.82) is 0 Å². The first-order valence-corrected chi connectivity index (χ1v) is 13.0. The molecule has 0 spiro atoms. The predicted molar refractivity (Wildman–Crippen MR) is 149 cm³/mol. The molecule has 2 fully saturated rings. The van der Waals surface area contributed by atoms with E-state index in [-0.39, 0.29) is 17.9 Å². The highest BCUT2D eigenvalue weighted by Gasteiger charge is 2.23. The summed E-state index contributed by atoms with van der Waals surface area (Å²) in [5.74, 6) is 1.80. The topological polar surface area (TPSA) is 135 Å². The van der Waals surface area contributed by atoms with Gasteiger partial charge in [-0.3, -0.25) is 9.59 Å². The third-order valence-corrected chi connectivity index (χ3v) is 6.96. The van der Waals surface area contributed by atoms with Crippen molar-refractivity contribution in [2.24, 2.45) is 0 Å². The van der Waals surface area contributed by atoms with Crippen molar-refractivity contribution in [3.8, 4) is 22.8 Å². The standard InChI is InChI=1S/C28H33N7O4/c1-18(36)34-12-8-21(9-13-34)39-25-6-3-19(15-22(25)29)23-7-10-31-28(33-23)32-20-4-5-24(26(16-20)38-2)35-14-11-30-27(37)17-35/h3-7,10,15-16,21H,8-9,11-14,17,29H2,1-2H3,(H,30,37)(H,31,32,33). The van der Waals surface area contributed by atoms with Crippen molar-refractivity contribution < 1.29 is 19.1 Å². The van der Waals surface area contributed by atoms with Gasteiger partial charge in [-0.1, -0.05) is 0 Å². The van der Waals surface area contributed by atoms with E-state index in [1.807, 2.05) is 52.3 Å². The number of carbonyl (C=O) groups excluding carboxylic acids is 2. The minimum absolute atomic E-state index is 0.00839. The quantitative estimate of drug-likeness (QED) is 0.393. The predicted octanol–water partition coefficient (Wildman–Crippen LogP) is 2.80. The molecule has 0 radical (unpaired) electrons. The number of benzene rings is 2. The minimum atomic E-state index is -0.00839. The van der Waals surface area contributed by atoms with Crippen LogP contribution in [0, 0.1) is 0 Å². The molecule has 0 saturated carbocycles. The van der Waals surface area contributed by atoms with E-state index in [4.69, 9.17) is 15.2 Å². The molecule has 0 unspecified atom stereocenters. The molecular formula is C28H33N7O4. The van der Waals surface area contributed by atoms with E-state index < -0.39 is 0 Å². The second-order valence-corrected chi connectivity index (χ2v) is 9.62. The van der Waals surface area contributed by atoms with E-state index in [2.05, 4.69) is 20.6 Å². The average molecular weight is 532 g/mol. The second-order valence-electron chi connectivity index (χ2n) is 9.62. The van der Waals surface area contributed by atoms with Gasteiger partial charge in [0.1, 0.15) is 17.6 Å². The molecule has 3 aromatic rings. The summed E-state index contributed by atoms with van der Waals surface area (Å²) in [5.41, 5.74) is 10.0. The summed E-state index contributed by atoms with van der Waals surface area (Å²) in [6, 6.07) is 13.2. The van der Waals surface area contributed by atoms with Gasteiger partial charge in [-0.2, -0.15) is 0 Å². The van der Waals surface area contributed by atoms with Crippen molar-refractivity contribution in [2.75, 3.05) is 55.8 Å². The van der Waals surface area contributed by atoms with Gasteiger partial charge in [0.2, 0.25) is 17.8 Å². The maximum absolute atomic E-state index is 11.8. The Morgan fingerprint density at radius 2 is 1.92 bits per heavy atom. The number of nitrogens with one attached hydrogen (secondary N) is 2. The van der Waals surface area contributed by atoms with Crippen LogP contribution >= 0.6 is 0 Å². The average Bonchev–Trinajstić information content (AvgIpc) is 2.94. The van der Waals surface area contributed by atoms with E-state index in [1.165, 1.54) is 0 Å². The number of aromatic nitrogens is 2. The van der Waals surface area contributed by atoms with Crippen molar-refractivity contribution in [1.82, 2.24) is 20.2 Å². The highest BCUT2D eigenvalue weighted by molar-refractivity contribution is 5.84. The van der Waals surface area contributed by atoms with Crippen LogP contribution in [0.2, 0.25) is 0 Å². The second kappa shape index (κ2) is 11.5. The van der Waals surface area contributed by atoms with Crippen molar-refractivity contribution in [2.45, 2.75) is 25.9 Å². The maximum atomic E-state index is 11.8. The smallest absolute Gasteiger partial charge is 0.239 e. The van der Waals surface area contributed by atoms with E-state index in [0.29, 0.717) is 61.6 Å². The fraction of sp³-hybridized carbons (Fsp3) is 0.357. The van der Waals surface area contributed by atoms with Crippen LogP contribution in [0.4, 0.5) is 23.0 Å². The van der Waals surface area contributed by atoms with E-state index in [1.54, 1.807) is 20.2 Å². The third-order valence-electron chi connectivity index (χ3n) is 6.96. The first kappa shape index (κ1) is 26.1. The lowest BCUT2D eigenvalue weighted by atomic mass is 10.1. The van der Waals surface area contributed by atoms with Gasteiger partial charge in [-0.25, -0.2) is 9.97 Å². The number of nitrogens with two attached hydrogens (primary N) is 1. The molecule has 3 heterocycles. The molecule has 204 valence electrons. The molecule has 2 aliphatic rings. The summed E-state index contributed by atoms with van der Waals surface area (Å²) in [4.78, 5) is 36.2. The molecule has 39 heavy (non-hydrogen) atoms. The number of hydrogen-bond acceptors (Lipinski definition) is 9. The highest BCUT2D eigenvalue weighted by atomic mass is 16.5. The van der Waals surface area contributed by atoms with Crippen molar-refractivity contribution in [3.05, 3.63) is 48.7 Å². The zero-order valence-electron chi connectivity index (χ0n) is 22.1. The fourth-order valence-corrected chi connectivity index (χ4v) is 4.85. The Morgan fingerprint density at radius 1 is 1.10 bits per heavy atom. The summed E-state index contributed by atoms with van der Waals surface area (Å²) in [6.45, 7) is 4.59. The summed E-state index contributed by atoms with van der Waals surface area (Å²) < 4.78 is 11.7. The van der Waals surface area contributed by atoms with Crippen LogP contribution < -0.4 is 30.7 Å². The number of amides is 2. The summed E-state index contributed by atoms with van der Waals surface area (Å²) in [7, 11) is 1.61. The largest absolute Gasteiger partial charge is 0.495 e. The first-order valence-electron chi connectivity index (χ1n) is 13.0. The number of nitrogen functional groups attached to an aromatic ring is 1. The number of anilines is 4. The lowest BCUT2D eigenvalue weighted by Gasteiger charge is -2.31. The van der Waals surface area contributed by atoms with E-state index in [0.717, 1.165) is 29.8 Å². The van der Waals surface area contributed by atoms with Crippen LogP contribution in [0.5, 0.6) is 11.5 Å². The minimum Gasteiger partial charge on any atom is -0.495 e. The first-order chi connectivity index (χ1) is 18.9. The number of carbonyl (C=O) groups is 2. The Morgan fingerprint density at radius 3 is 2.64 bits per heavy atom. The van der Waals surface area contributed by atoms with Gasteiger partial charge >= 0.3 is 0 Å². The molecule has 2 aromatic carbocycles. The summed E-state index contributed by atoms with van der Waals surface area (Å²) in [6.07, 6.45) is 3.27. The molecule has 0 aliphatic carbocycles. The molecule has 11 heteroatoms. The molecular weight excluding hydrogens is 498 g/mol. The lowest BCUT2D eigenvalue weighted by Crippen LogP contribution is -2.47. The van der Waals surface area contributed by atoms with Gasteiger partial charge in [0, 0.05) is 69.5 Å². The number of rotatable bonds is 7. The molecule has 2 amide bonds. The monoisotopic (exact) mass is 531 g/mol. The number of hydrogen-bond donors (Lipinski definition) is 3. The van der Waals surface area contributed by atoms with Crippen LogP contribution in [-0.4, -0.2) is 72.6 Å². The Balaban J connectivity index is 1.27. The zero-order chi connectivity index (χ0) is 27.4. The Labute approximate surface area is 227 Å². The molecule has 1 aromatic heterocycles. The van der Waals surface area contributed by atoms with Gasteiger partial charge in [-0.15, -0.1) is 0 Å². The number of piperazine rings is 1. The molecule has 0 atom stereocenters. The van der Waals surface area contributed by atoms with Crippen molar-refractivity contribution >= 4 is 34.8 Å². The van der Waals surface area contributed by atoms with Gasteiger partial charge in [-0.05, 0) is 36.4 Å². The third kappa shape index (κ3) is 6.14. The zero-order valence-corrected chi connectivity index (χ0v) is 22.1. The molecule has 5 rings (SSSR count). The number of piperidine rings is 1. The lowest BCUT2D eigenvalue weighted by molar-refractivity contribution is -0.130. The van der Waals surface area contributed by atoms with Gasteiger partial charge in [0.25, 0.3) is 0 Å². The molecule has 2 aliphatic heterocycles. The fourth-order valence-electron chi connectivity index (χ4n) is 4.85. The van der Waals surface area contributed by atoms with Crippen LogP contribution in [0.15, 0.2) is 48.7 Å².